The second-order valence-electron chi connectivity index (χ2n) is 28.4. The van der Waals surface area contributed by atoms with E-state index in [2.05, 4.69) is 25.9 Å². The van der Waals surface area contributed by atoms with Crippen LogP contribution in [0.25, 0.3) is 22.5 Å². The van der Waals surface area contributed by atoms with Gasteiger partial charge in [-0.05, 0) is 107 Å². The maximum absolute atomic E-state index is 14.8. The lowest BCUT2D eigenvalue weighted by Gasteiger charge is -2.48. The van der Waals surface area contributed by atoms with Crippen LogP contribution in [0.2, 0.25) is 0 Å². The molecular formula is C72H94F2N8O20. The number of amides is 2. The Morgan fingerprint density at radius 1 is 0.637 bits per heavy atom. The minimum atomic E-state index is -1.75. The summed E-state index contributed by atoms with van der Waals surface area (Å²) in [6.07, 6.45) is -17.8. The fourth-order valence-corrected chi connectivity index (χ4v) is 15.5. The average Bonchev–Trinajstić information content (AvgIpc) is 1.05. The third-order valence-corrected chi connectivity index (χ3v) is 21.4. The molecule has 24 atom stereocenters. The molecule has 4 saturated heterocycles. The van der Waals surface area contributed by atoms with E-state index < -0.39 is 176 Å². The summed E-state index contributed by atoms with van der Waals surface area (Å²) in [6, 6.07) is 17.2. The largest absolute Gasteiger partial charge is 0.450 e. The fraction of sp³-hybridized carbons (Fsp3) is 0.639. The Balaban J connectivity index is 0.768. The molecule has 3 saturated carbocycles. The topological polar surface area (TPSA) is 381 Å². The molecule has 0 spiro atoms. The Morgan fingerprint density at radius 2 is 1.28 bits per heavy atom. The first-order valence-electron chi connectivity index (χ1n) is 35.8. The standard InChI is InChI=1S/C72H94F2N8O20/c1-4-51-59(87)56(82-35-48(77-79-82)42-20-12-22-46(74)30-42)61(89)70(97-51)98-52-33-44(31-49(58(52)86)81-34-47(76-78-81)41-19-11-21-45(73)29-41)67(92)75-24-13-23-50(84)43-27-37(2)64(102-71-63(91)62(90)57(85)38(3)95-71)53(32-43)99-72-66(101-69(94)40-17-9-6-10-18-40)65(60(88)55(36-83)100-72)96-54(68(93)80-25-14-26-80)28-39-15-7-5-8-16-39/h6,9-12,17-22,29-30,34-35,37-39,43-44,49,51-66,70-72,83,85-91H,4-5,7-8,13-16,23-28,31-33,36H2,1-3H3,(H,75,92)/t37-,38?,43?,44+,49?,51?,52-,53-,54+,55+,56-,57-,58?,59+,60+,61?,62+,63?,64?,65?,66?,70+,71+,72-/m1/s1. The van der Waals surface area contributed by atoms with Gasteiger partial charge in [0.15, 0.2) is 25.0 Å². The number of hydrogen-bond donors (Lipinski definition) is 9. The lowest BCUT2D eigenvalue weighted by molar-refractivity contribution is -0.349. The van der Waals surface area contributed by atoms with Gasteiger partial charge in [0.25, 0.3) is 5.91 Å². The normalized spacial score (nSPS) is 34.9. The molecule has 5 aromatic rings. The summed E-state index contributed by atoms with van der Waals surface area (Å²) in [5, 5.41) is 112. The van der Waals surface area contributed by atoms with Crippen LogP contribution in [-0.4, -0.2) is 242 Å². The second-order valence-corrected chi connectivity index (χ2v) is 28.4. The summed E-state index contributed by atoms with van der Waals surface area (Å²) >= 11 is 0. The number of nitrogens with one attached hydrogen (secondary N) is 1. The highest BCUT2D eigenvalue weighted by molar-refractivity contribution is 5.89. The summed E-state index contributed by atoms with van der Waals surface area (Å²) in [7, 11) is 0. The van der Waals surface area contributed by atoms with Crippen molar-refractivity contribution in [1.82, 2.24) is 40.2 Å². The van der Waals surface area contributed by atoms with Crippen molar-refractivity contribution in [2.75, 3.05) is 26.2 Å². The smallest absolute Gasteiger partial charge is 0.338 e. The molecule has 4 aliphatic heterocycles. The predicted molar refractivity (Wildman–Crippen MR) is 353 cm³/mol. The van der Waals surface area contributed by atoms with Gasteiger partial charge < -0.3 is 89.0 Å². The number of aliphatic hydroxyl groups excluding tert-OH is 8. The quantitative estimate of drug-likeness (QED) is 0.0297. The number of carbonyl (C=O) groups excluding carboxylic acids is 4. The van der Waals surface area contributed by atoms with Crippen LogP contribution in [0.1, 0.15) is 133 Å². The minimum absolute atomic E-state index is 0.0135. The molecule has 102 heavy (non-hydrogen) atoms. The van der Waals surface area contributed by atoms with Crippen LogP contribution in [0.4, 0.5) is 8.78 Å². The lowest BCUT2D eigenvalue weighted by atomic mass is 9.75. The van der Waals surface area contributed by atoms with Crippen molar-refractivity contribution in [3.63, 3.8) is 0 Å². The zero-order valence-corrected chi connectivity index (χ0v) is 57.2. The van der Waals surface area contributed by atoms with E-state index in [9.17, 15) is 68.8 Å². The molecule has 0 bridgehead atoms. The molecule has 30 heteroatoms. The van der Waals surface area contributed by atoms with Gasteiger partial charge in [0.1, 0.15) is 95.9 Å². The molecule has 10 unspecified atom stereocenters. The van der Waals surface area contributed by atoms with Crippen LogP contribution in [0.3, 0.4) is 0 Å². The van der Waals surface area contributed by atoms with Crippen LogP contribution in [0, 0.1) is 35.3 Å². The van der Waals surface area contributed by atoms with Gasteiger partial charge in [0.2, 0.25) is 5.91 Å². The number of aromatic nitrogens is 6. The highest BCUT2D eigenvalue weighted by atomic mass is 19.1. The van der Waals surface area contributed by atoms with Gasteiger partial charge in [-0.1, -0.05) is 98.8 Å². The number of nitrogens with zero attached hydrogens (tertiary/aromatic N) is 7. The third kappa shape index (κ3) is 17.0. The minimum Gasteiger partial charge on any atom is -0.450 e. The number of Topliss-reactive ketones (excluding diaryl/α,β-unsaturated/α-hetero) is 1. The van der Waals surface area contributed by atoms with Gasteiger partial charge >= 0.3 is 5.97 Å². The zero-order valence-electron chi connectivity index (χ0n) is 57.2. The van der Waals surface area contributed by atoms with Crippen molar-refractivity contribution in [3.8, 4) is 22.5 Å². The summed E-state index contributed by atoms with van der Waals surface area (Å²) in [4.78, 5) is 59.7. The molecule has 6 heterocycles. The van der Waals surface area contributed by atoms with Gasteiger partial charge in [-0.3, -0.25) is 14.4 Å². The highest BCUT2D eigenvalue weighted by Crippen LogP contribution is 2.43. The molecule has 9 N–H and O–H groups in total. The number of carbonyl (C=O) groups is 4. The van der Waals surface area contributed by atoms with Crippen molar-refractivity contribution in [3.05, 3.63) is 108 Å². The van der Waals surface area contributed by atoms with Crippen LogP contribution < -0.4 is 5.32 Å². The van der Waals surface area contributed by atoms with Crippen molar-refractivity contribution < 1.29 is 107 Å². The van der Waals surface area contributed by atoms with Gasteiger partial charge in [0, 0.05) is 49.0 Å². The number of rotatable bonds is 25. The van der Waals surface area contributed by atoms with Crippen molar-refractivity contribution >= 4 is 23.6 Å². The summed E-state index contributed by atoms with van der Waals surface area (Å²) < 4.78 is 82.8. The van der Waals surface area contributed by atoms with Crippen molar-refractivity contribution in [1.29, 1.82) is 0 Å². The van der Waals surface area contributed by atoms with Crippen LogP contribution >= 0.6 is 0 Å². The zero-order chi connectivity index (χ0) is 72.0. The monoisotopic (exact) mass is 1430 g/mol. The molecule has 0 radical (unpaired) electrons. The van der Waals surface area contributed by atoms with E-state index >= 15 is 0 Å². The molecule has 2 aromatic heterocycles. The van der Waals surface area contributed by atoms with E-state index in [1.807, 2.05) is 0 Å². The Hall–Kier alpha value is -6.72. The lowest BCUT2D eigenvalue weighted by Crippen LogP contribution is -2.64. The number of ketones is 1. The predicted octanol–water partition coefficient (Wildman–Crippen LogP) is 3.65. The Morgan fingerprint density at radius 3 is 1.94 bits per heavy atom. The number of likely N-dealkylation sites (tertiary alicyclic amines) is 1. The van der Waals surface area contributed by atoms with Gasteiger partial charge in [-0.25, -0.2) is 22.9 Å². The number of ether oxygens (including phenoxy) is 8. The molecule has 2 amide bonds. The molecule has 7 aliphatic rings. The van der Waals surface area contributed by atoms with Crippen molar-refractivity contribution in [2.45, 2.75) is 239 Å². The van der Waals surface area contributed by atoms with Gasteiger partial charge in [-0.2, -0.15) is 0 Å². The van der Waals surface area contributed by atoms with E-state index in [1.165, 1.54) is 77.2 Å². The molecule has 556 valence electrons. The molecule has 3 aliphatic carbocycles. The van der Waals surface area contributed by atoms with E-state index in [-0.39, 0.29) is 86.1 Å². The number of benzene rings is 3. The Bertz CT molecular complexity index is 3610. The highest BCUT2D eigenvalue weighted by Gasteiger charge is 2.55. The summed E-state index contributed by atoms with van der Waals surface area (Å²) in [6.45, 7) is 5.26. The van der Waals surface area contributed by atoms with E-state index in [4.69, 9.17) is 37.9 Å². The molecule has 3 aromatic carbocycles. The number of hydrogen-bond acceptors (Lipinski definition) is 24. The molecule has 28 nitrogen and oxygen atoms in total. The fourth-order valence-electron chi connectivity index (χ4n) is 15.5. The Labute approximate surface area is 588 Å². The van der Waals surface area contributed by atoms with Crippen molar-refractivity contribution in [2.24, 2.45) is 23.7 Å². The molecular weight excluding hydrogens is 1330 g/mol. The first-order valence-corrected chi connectivity index (χ1v) is 35.8. The summed E-state index contributed by atoms with van der Waals surface area (Å²) in [5.74, 6) is -5.08. The average molecular weight is 1430 g/mol. The summed E-state index contributed by atoms with van der Waals surface area (Å²) in [5.41, 5.74) is 1.44. The van der Waals surface area contributed by atoms with Crippen LogP contribution in [0.15, 0.2) is 91.3 Å². The van der Waals surface area contributed by atoms with Gasteiger partial charge in [0.05, 0.1) is 61.1 Å². The molecule has 12 rings (SSSR count). The number of esters is 1. The van der Waals surface area contributed by atoms with E-state index in [1.54, 1.807) is 49.1 Å². The van der Waals surface area contributed by atoms with E-state index in [0.717, 1.165) is 38.5 Å². The van der Waals surface area contributed by atoms with E-state index in [0.29, 0.717) is 30.6 Å². The first-order chi connectivity index (χ1) is 49.1. The number of aliphatic hydroxyl groups is 8. The third-order valence-electron chi connectivity index (χ3n) is 21.4. The first kappa shape index (κ1) is 75.0. The second kappa shape index (κ2) is 33.6. The SMILES string of the molecule is CCC1O[C@@H](O[C@@H]2C[C@@H](C(=O)NCCCC(=O)C3C[C@@H](C)C(O[C@@H]4OC(C)[C@@H](O)[C@H](O)C4O)[C@H](O[C@@H]4O[C@@H](CO)[C@H](O)C(O[C@@H](CC5CCCCC5)C(=O)N5CCC5)C4OC(=O)c4ccccc4)C3)CC(n3cc(-c4cccc(F)c4)nn3)C2O)C(O)[C@H](n2cc(-c3cccc(F)c3)nn2)[C@H]1O. The maximum atomic E-state index is 14.8. The Kier molecular flexibility index (Phi) is 24.7. The molecule has 7 fully saturated rings. The maximum Gasteiger partial charge on any atom is 0.338 e. The van der Waals surface area contributed by atoms with Crippen LogP contribution in [0.5, 0.6) is 0 Å². The number of halogens is 2. The van der Waals surface area contributed by atoms with Gasteiger partial charge in [-0.15, -0.1) is 10.2 Å². The van der Waals surface area contributed by atoms with Crippen LogP contribution in [-0.2, 0) is 52.3 Å².